The van der Waals surface area contributed by atoms with Crippen LogP contribution in [0.15, 0.2) is 18.2 Å². The van der Waals surface area contributed by atoms with Gasteiger partial charge in [0.25, 0.3) is 5.91 Å². The molecule has 1 fully saturated rings. The minimum absolute atomic E-state index is 0.0339. The number of rotatable bonds is 6. The number of hydrogen-bond acceptors (Lipinski definition) is 3. The van der Waals surface area contributed by atoms with E-state index in [1.165, 1.54) is 0 Å². The van der Waals surface area contributed by atoms with E-state index in [4.69, 9.17) is 32.7 Å². The van der Waals surface area contributed by atoms with E-state index in [0.29, 0.717) is 22.2 Å². The molecule has 0 aromatic heterocycles. The zero-order valence-corrected chi connectivity index (χ0v) is 14.3. The van der Waals surface area contributed by atoms with E-state index >= 15 is 0 Å². The molecule has 0 aliphatic carbocycles. The molecule has 1 aliphatic heterocycles. The highest BCUT2D eigenvalue weighted by molar-refractivity contribution is 6.35. The van der Waals surface area contributed by atoms with E-state index in [0.717, 1.165) is 19.4 Å². The molecule has 0 spiro atoms. The fourth-order valence-electron chi connectivity index (χ4n) is 2.45. The zero-order chi connectivity index (χ0) is 16.1. The molecular weight excluding hydrogens is 325 g/mol. The van der Waals surface area contributed by atoms with E-state index in [2.05, 4.69) is 5.32 Å². The molecule has 6 heteroatoms. The second-order valence-electron chi connectivity index (χ2n) is 5.44. The summed E-state index contributed by atoms with van der Waals surface area (Å²) < 4.78 is 11.3. The Morgan fingerprint density at radius 2 is 2.27 bits per heavy atom. The van der Waals surface area contributed by atoms with Crippen molar-refractivity contribution in [3.05, 3.63) is 28.2 Å². The van der Waals surface area contributed by atoms with E-state index < -0.39 is 6.10 Å². The van der Waals surface area contributed by atoms with Crippen LogP contribution in [-0.4, -0.2) is 30.8 Å². The molecule has 122 valence electrons. The summed E-state index contributed by atoms with van der Waals surface area (Å²) in [5.41, 5.74) is 0. The summed E-state index contributed by atoms with van der Waals surface area (Å²) in [4.78, 5) is 12.4. The van der Waals surface area contributed by atoms with Crippen molar-refractivity contribution in [2.45, 2.75) is 51.4 Å². The van der Waals surface area contributed by atoms with Gasteiger partial charge < -0.3 is 14.8 Å². The van der Waals surface area contributed by atoms with Crippen LogP contribution in [0.5, 0.6) is 5.75 Å². The lowest BCUT2D eigenvalue weighted by atomic mass is 10.1. The van der Waals surface area contributed by atoms with Gasteiger partial charge in [0.1, 0.15) is 5.75 Å². The van der Waals surface area contributed by atoms with Crippen LogP contribution in [0.3, 0.4) is 0 Å². The van der Waals surface area contributed by atoms with Crippen molar-refractivity contribution in [1.29, 1.82) is 0 Å². The number of hydrogen-bond donors (Lipinski definition) is 1. The predicted octanol–water partition coefficient (Wildman–Crippen LogP) is 3.83. The number of benzene rings is 1. The summed E-state index contributed by atoms with van der Waals surface area (Å²) in [6.45, 7) is 4.61. The molecular formula is C16H21Cl2NO3. The molecule has 1 saturated heterocycles. The highest BCUT2D eigenvalue weighted by Gasteiger charge is 2.27. The third kappa shape index (κ3) is 4.51. The summed E-state index contributed by atoms with van der Waals surface area (Å²) in [5.74, 6) is 0.300. The average molecular weight is 346 g/mol. The summed E-state index contributed by atoms with van der Waals surface area (Å²) in [6.07, 6.45) is 2.05. The highest BCUT2D eigenvalue weighted by Crippen LogP contribution is 2.28. The number of ether oxygens (including phenoxy) is 2. The maximum Gasteiger partial charge on any atom is 0.261 e. The lowest BCUT2D eigenvalue weighted by molar-refractivity contribution is -0.129. The third-order valence-electron chi connectivity index (χ3n) is 3.72. The third-order valence-corrected chi connectivity index (χ3v) is 4.25. The molecule has 22 heavy (non-hydrogen) atoms. The van der Waals surface area contributed by atoms with Crippen molar-refractivity contribution < 1.29 is 14.3 Å². The number of carbonyl (C=O) groups excluding carboxylic acids is 1. The summed E-state index contributed by atoms with van der Waals surface area (Å²) >= 11 is 11.9. The minimum atomic E-state index is -0.595. The van der Waals surface area contributed by atoms with Gasteiger partial charge >= 0.3 is 0 Å². The van der Waals surface area contributed by atoms with Gasteiger partial charge in [0.05, 0.1) is 17.2 Å². The van der Waals surface area contributed by atoms with Crippen molar-refractivity contribution >= 4 is 29.1 Å². The quantitative estimate of drug-likeness (QED) is 0.852. The van der Waals surface area contributed by atoms with Gasteiger partial charge in [-0.05, 0) is 44.4 Å². The van der Waals surface area contributed by atoms with Crippen LogP contribution in [0, 0.1) is 0 Å². The largest absolute Gasteiger partial charge is 0.479 e. The maximum absolute atomic E-state index is 12.4. The Labute approximate surface area is 141 Å². The SMILES string of the molecule is CC[C@H](Oc1ccc(Cl)cc1Cl)C(=O)N[C@@H](C)[C@H]1CCCO1. The molecule has 1 aromatic rings. The first-order valence-electron chi connectivity index (χ1n) is 7.55. The number of amides is 1. The van der Waals surface area contributed by atoms with E-state index in [-0.39, 0.29) is 18.1 Å². The molecule has 3 atom stereocenters. The smallest absolute Gasteiger partial charge is 0.261 e. The summed E-state index contributed by atoms with van der Waals surface area (Å²) in [6, 6.07) is 4.92. The molecule has 1 heterocycles. The second kappa shape index (κ2) is 8.04. The van der Waals surface area contributed by atoms with E-state index in [9.17, 15) is 4.79 Å². The van der Waals surface area contributed by atoms with Crippen molar-refractivity contribution in [2.75, 3.05) is 6.61 Å². The first-order valence-corrected chi connectivity index (χ1v) is 8.30. The van der Waals surface area contributed by atoms with E-state index in [1.807, 2.05) is 13.8 Å². The Morgan fingerprint density at radius 3 is 2.86 bits per heavy atom. The second-order valence-corrected chi connectivity index (χ2v) is 6.28. The Balaban J connectivity index is 1.96. The van der Waals surface area contributed by atoms with Gasteiger partial charge in [-0.1, -0.05) is 30.1 Å². The van der Waals surface area contributed by atoms with Crippen LogP contribution < -0.4 is 10.1 Å². The molecule has 0 radical (unpaired) electrons. The van der Waals surface area contributed by atoms with Gasteiger partial charge in [-0.3, -0.25) is 4.79 Å². The molecule has 0 bridgehead atoms. The maximum atomic E-state index is 12.4. The van der Waals surface area contributed by atoms with Crippen LogP contribution in [0.2, 0.25) is 10.0 Å². The molecule has 0 unspecified atom stereocenters. The van der Waals surface area contributed by atoms with E-state index in [1.54, 1.807) is 18.2 Å². The Hall–Kier alpha value is -0.970. The van der Waals surface area contributed by atoms with Crippen LogP contribution in [-0.2, 0) is 9.53 Å². The number of carbonyl (C=O) groups is 1. The van der Waals surface area contributed by atoms with Crippen LogP contribution >= 0.6 is 23.2 Å². The minimum Gasteiger partial charge on any atom is -0.479 e. The fraction of sp³-hybridized carbons (Fsp3) is 0.562. The Bertz CT molecular complexity index is 518. The Kier molecular flexibility index (Phi) is 6.36. The topological polar surface area (TPSA) is 47.6 Å². The molecule has 1 aromatic carbocycles. The van der Waals surface area contributed by atoms with Crippen LogP contribution in [0.25, 0.3) is 0 Å². The zero-order valence-electron chi connectivity index (χ0n) is 12.8. The molecule has 1 N–H and O–H groups in total. The normalized spacial score (nSPS) is 20.5. The number of nitrogens with one attached hydrogen (secondary N) is 1. The first-order chi connectivity index (χ1) is 10.5. The van der Waals surface area contributed by atoms with Gasteiger partial charge in [0.2, 0.25) is 0 Å². The highest BCUT2D eigenvalue weighted by atomic mass is 35.5. The standard InChI is InChI=1S/C16H21Cl2NO3/c1-3-13(22-15-7-6-11(17)9-12(15)18)16(20)19-10(2)14-5-4-8-21-14/h6-7,9-10,13-14H,3-5,8H2,1-2H3,(H,19,20)/t10-,13-,14+/m0/s1. The van der Waals surface area contributed by atoms with Crippen molar-refractivity contribution in [3.8, 4) is 5.75 Å². The van der Waals surface area contributed by atoms with Crippen molar-refractivity contribution in [3.63, 3.8) is 0 Å². The average Bonchev–Trinajstić information content (AvgIpc) is 3.00. The predicted molar refractivity (Wildman–Crippen MR) is 87.7 cm³/mol. The molecule has 1 amide bonds. The Morgan fingerprint density at radius 1 is 1.50 bits per heavy atom. The lowest BCUT2D eigenvalue weighted by Gasteiger charge is -2.24. The first kappa shape index (κ1) is 17.4. The fourth-order valence-corrected chi connectivity index (χ4v) is 2.91. The van der Waals surface area contributed by atoms with Crippen LogP contribution in [0.4, 0.5) is 0 Å². The van der Waals surface area contributed by atoms with Gasteiger partial charge in [0.15, 0.2) is 6.10 Å². The monoisotopic (exact) mass is 345 g/mol. The van der Waals surface area contributed by atoms with Gasteiger partial charge in [-0.2, -0.15) is 0 Å². The van der Waals surface area contributed by atoms with Gasteiger partial charge in [-0.15, -0.1) is 0 Å². The molecule has 0 saturated carbocycles. The molecule has 1 aliphatic rings. The lowest BCUT2D eigenvalue weighted by Crippen LogP contribution is -2.47. The van der Waals surface area contributed by atoms with Crippen molar-refractivity contribution in [2.24, 2.45) is 0 Å². The molecule has 2 rings (SSSR count). The van der Waals surface area contributed by atoms with Gasteiger partial charge in [0, 0.05) is 11.6 Å². The summed E-state index contributed by atoms with van der Waals surface area (Å²) in [7, 11) is 0. The van der Waals surface area contributed by atoms with Crippen LogP contribution in [0.1, 0.15) is 33.1 Å². The van der Waals surface area contributed by atoms with Crippen molar-refractivity contribution in [1.82, 2.24) is 5.32 Å². The van der Waals surface area contributed by atoms with Gasteiger partial charge in [-0.25, -0.2) is 0 Å². The molecule has 4 nitrogen and oxygen atoms in total. The summed E-state index contributed by atoms with van der Waals surface area (Å²) in [5, 5.41) is 3.89. The number of halogens is 2.